The van der Waals surface area contributed by atoms with Crippen LogP contribution in [0.1, 0.15) is 11.3 Å². The molecule has 0 atom stereocenters. The summed E-state index contributed by atoms with van der Waals surface area (Å²) in [6.07, 6.45) is 3.37. The third-order valence-electron chi connectivity index (χ3n) is 3.41. The highest BCUT2D eigenvalue weighted by Crippen LogP contribution is 2.13. The van der Waals surface area contributed by atoms with E-state index in [1.807, 2.05) is 30.3 Å². The lowest BCUT2D eigenvalue weighted by atomic mass is 10.2. The summed E-state index contributed by atoms with van der Waals surface area (Å²) in [6.45, 7) is 0.700. The molecule has 3 rings (SSSR count). The van der Waals surface area contributed by atoms with E-state index in [1.54, 1.807) is 41.3 Å². The molecule has 2 N–H and O–H groups in total. The molecular weight excluding hydrogens is 316 g/mol. The quantitative estimate of drug-likeness (QED) is 0.722. The number of pyridine rings is 1. The lowest BCUT2D eigenvalue weighted by Crippen LogP contribution is -2.19. The Morgan fingerprint density at radius 2 is 2.08 bits per heavy atom. The predicted molar refractivity (Wildman–Crippen MR) is 93.6 cm³/mol. The normalized spacial score (nSPS) is 10.0. The largest absolute Gasteiger partial charge is 0.366 e. The van der Waals surface area contributed by atoms with Gasteiger partial charge in [-0.05, 0) is 35.9 Å². The van der Waals surface area contributed by atoms with Crippen LogP contribution in [0.4, 0.5) is 11.5 Å². The van der Waals surface area contributed by atoms with E-state index < -0.39 is 0 Å². The van der Waals surface area contributed by atoms with Gasteiger partial charge in [-0.25, -0.2) is 4.98 Å². The highest BCUT2D eigenvalue weighted by Gasteiger charge is 2.04. The molecule has 7 nitrogen and oxygen atoms in total. The molecule has 1 aromatic carbocycles. The van der Waals surface area contributed by atoms with Crippen molar-refractivity contribution < 1.29 is 4.79 Å². The molecule has 0 fully saturated rings. The molecular formula is C18H16N6O. The number of nitrogens with one attached hydrogen (secondary N) is 2. The molecule has 0 aliphatic heterocycles. The fourth-order valence-corrected chi connectivity index (χ4v) is 2.29. The predicted octanol–water partition coefficient (Wildman–Crippen LogP) is 2.40. The monoisotopic (exact) mass is 332 g/mol. The Morgan fingerprint density at radius 3 is 2.88 bits per heavy atom. The highest BCUT2D eigenvalue weighted by atomic mass is 16.2. The first-order valence-electron chi connectivity index (χ1n) is 7.70. The lowest BCUT2D eigenvalue weighted by Gasteiger charge is -2.09. The van der Waals surface area contributed by atoms with Crippen LogP contribution in [-0.2, 0) is 17.9 Å². The van der Waals surface area contributed by atoms with Gasteiger partial charge in [-0.3, -0.25) is 9.48 Å². The molecule has 0 spiro atoms. The third-order valence-corrected chi connectivity index (χ3v) is 3.41. The second kappa shape index (κ2) is 7.75. The highest BCUT2D eigenvalue weighted by molar-refractivity contribution is 5.90. The van der Waals surface area contributed by atoms with Crippen LogP contribution in [0.2, 0.25) is 0 Å². The number of nitriles is 1. The van der Waals surface area contributed by atoms with E-state index in [0.29, 0.717) is 18.1 Å². The van der Waals surface area contributed by atoms with Crippen LogP contribution in [-0.4, -0.2) is 20.7 Å². The molecule has 0 bridgehead atoms. The zero-order chi connectivity index (χ0) is 17.5. The van der Waals surface area contributed by atoms with Gasteiger partial charge in [0, 0.05) is 24.6 Å². The van der Waals surface area contributed by atoms with Gasteiger partial charge in [0.1, 0.15) is 24.1 Å². The van der Waals surface area contributed by atoms with Gasteiger partial charge in [0.25, 0.3) is 0 Å². The lowest BCUT2D eigenvalue weighted by molar-refractivity contribution is -0.116. The Morgan fingerprint density at radius 1 is 1.20 bits per heavy atom. The summed E-state index contributed by atoms with van der Waals surface area (Å²) >= 11 is 0. The van der Waals surface area contributed by atoms with E-state index in [0.717, 1.165) is 11.3 Å². The Balaban J connectivity index is 1.59. The van der Waals surface area contributed by atoms with Crippen LogP contribution in [0.25, 0.3) is 0 Å². The van der Waals surface area contributed by atoms with Crippen LogP contribution in [0.5, 0.6) is 0 Å². The number of carbonyl (C=O) groups is 1. The van der Waals surface area contributed by atoms with Crippen molar-refractivity contribution >= 4 is 17.4 Å². The fourth-order valence-electron chi connectivity index (χ4n) is 2.29. The Bertz CT molecular complexity index is 898. The van der Waals surface area contributed by atoms with E-state index in [2.05, 4.69) is 20.7 Å². The maximum Gasteiger partial charge on any atom is 0.246 e. The summed E-state index contributed by atoms with van der Waals surface area (Å²) in [5.41, 5.74) is 2.07. The summed E-state index contributed by atoms with van der Waals surface area (Å²) in [5, 5.41) is 18.9. The molecule has 7 heteroatoms. The molecule has 1 amide bonds. The minimum atomic E-state index is -0.141. The van der Waals surface area contributed by atoms with Crippen molar-refractivity contribution in [1.29, 1.82) is 5.26 Å². The van der Waals surface area contributed by atoms with Crippen LogP contribution < -0.4 is 10.6 Å². The topological polar surface area (TPSA) is 95.6 Å². The second-order valence-electron chi connectivity index (χ2n) is 5.33. The van der Waals surface area contributed by atoms with Gasteiger partial charge >= 0.3 is 0 Å². The average Bonchev–Trinajstić information content (AvgIpc) is 3.13. The van der Waals surface area contributed by atoms with Crippen molar-refractivity contribution in [3.8, 4) is 6.07 Å². The minimum Gasteiger partial charge on any atom is -0.366 e. The van der Waals surface area contributed by atoms with Gasteiger partial charge in [0.2, 0.25) is 5.91 Å². The molecule has 0 saturated carbocycles. The second-order valence-corrected chi connectivity index (χ2v) is 5.33. The third kappa shape index (κ3) is 4.65. The van der Waals surface area contributed by atoms with Crippen molar-refractivity contribution in [2.45, 2.75) is 13.1 Å². The number of nitrogens with zero attached hydrogens (tertiary/aromatic N) is 4. The molecule has 0 saturated heterocycles. The zero-order valence-electron chi connectivity index (χ0n) is 13.4. The van der Waals surface area contributed by atoms with Gasteiger partial charge in [0.15, 0.2) is 0 Å². The van der Waals surface area contributed by atoms with Gasteiger partial charge in [-0.15, -0.1) is 0 Å². The van der Waals surface area contributed by atoms with Gasteiger partial charge in [-0.1, -0.05) is 18.2 Å². The van der Waals surface area contributed by atoms with Crippen molar-refractivity contribution in [3.05, 3.63) is 72.2 Å². The van der Waals surface area contributed by atoms with Gasteiger partial charge < -0.3 is 10.6 Å². The Labute approximate surface area is 144 Å². The van der Waals surface area contributed by atoms with Crippen LogP contribution in [0, 0.1) is 11.3 Å². The molecule has 124 valence electrons. The summed E-state index contributed by atoms with van der Waals surface area (Å²) in [7, 11) is 0. The van der Waals surface area contributed by atoms with E-state index >= 15 is 0 Å². The maximum atomic E-state index is 12.0. The average molecular weight is 332 g/mol. The Hall–Kier alpha value is -3.66. The van der Waals surface area contributed by atoms with Gasteiger partial charge in [-0.2, -0.15) is 10.4 Å². The van der Waals surface area contributed by atoms with E-state index in [9.17, 15) is 4.79 Å². The summed E-state index contributed by atoms with van der Waals surface area (Å²) < 4.78 is 1.56. The first kappa shape index (κ1) is 16.2. The standard InChI is InChI=1S/C18H16N6O/c19-11-16-6-2-7-17(22-16)20-12-14-4-1-5-15(10-14)23-18(25)13-24-9-3-8-21-24/h1-10H,12-13H2,(H,20,22)(H,23,25). The smallest absolute Gasteiger partial charge is 0.246 e. The number of anilines is 2. The minimum absolute atomic E-state index is 0.141. The van der Waals surface area contributed by atoms with E-state index in [1.165, 1.54) is 0 Å². The molecule has 0 unspecified atom stereocenters. The SMILES string of the molecule is N#Cc1cccc(NCc2cccc(NC(=O)Cn3cccn3)c2)n1. The molecule has 0 aliphatic rings. The number of carbonyl (C=O) groups excluding carboxylic acids is 1. The summed E-state index contributed by atoms with van der Waals surface area (Å²) in [5.74, 6) is 0.490. The van der Waals surface area contributed by atoms with Crippen LogP contribution in [0.15, 0.2) is 60.9 Å². The number of hydrogen-bond acceptors (Lipinski definition) is 5. The number of aromatic nitrogens is 3. The molecule has 3 aromatic rings. The van der Waals surface area contributed by atoms with E-state index in [4.69, 9.17) is 5.26 Å². The fraction of sp³-hybridized carbons (Fsp3) is 0.111. The molecule has 2 aromatic heterocycles. The molecule has 0 radical (unpaired) electrons. The number of rotatable bonds is 6. The Kier molecular flexibility index (Phi) is 5.02. The molecule has 2 heterocycles. The van der Waals surface area contributed by atoms with Crippen LogP contribution >= 0.6 is 0 Å². The van der Waals surface area contributed by atoms with Crippen molar-refractivity contribution in [1.82, 2.24) is 14.8 Å². The van der Waals surface area contributed by atoms with Gasteiger partial charge in [0.05, 0.1) is 0 Å². The zero-order valence-corrected chi connectivity index (χ0v) is 13.4. The maximum absolute atomic E-state index is 12.0. The summed E-state index contributed by atoms with van der Waals surface area (Å²) in [4.78, 5) is 16.2. The van der Waals surface area contributed by atoms with E-state index in [-0.39, 0.29) is 12.5 Å². The number of benzene rings is 1. The summed E-state index contributed by atoms with van der Waals surface area (Å²) in [6, 6.07) is 16.6. The van der Waals surface area contributed by atoms with Crippen molar-refractivity contribution in [3.63, 3.8) is 0 Å². The molecule has 25 heavy (non-hydrogen) atoms. The first-order valence-corrected chi connectivity index (χ1v) is 7.70. The number of hydrogen-bond donors (Lipinski definition) is 2. The number of amides is 1. The molecule has 0 aliphatic carbocycles. The van der Waals surface area contributed by atoms with Crippen LogP contribution in [0.3, 0.4) is 0 Å². The first-order chi connectivity index (χ1) is 12.2. The van der Waals surface area contributed by atoms with Crippen molar-refractivity contribution in [2.24, 2.45) is 0 Å². The van der Waals surface area contributed by atoms with Crippen molar-refractivity contribution in [2.75, 3.05) is 10.6 Å².